The second kappa shape index (κ2) is 7.33. The molecule has 1 amide bonds. The third kappa shape index (κ3) is 3.89. The predicted molar refractivity (Wildman–Crippen MR) is 88.6 cm³/mol. The first kappa shape index (κ1) is 15.7. The van der Waals surface area contributed by atoms with Crippen molar-refractivity contribution in [2.24, 2.45) is 5.73 Å². The third-order valence-electron chi connectivity index (χ3n) is 3.27. The van der Waals surface area contributed by atoms with Crippen molar-refractivity contribution in [3.63, 3.8) is 0 Å². The van der Waals surface area contributed by atoms with Gasteiger partial charge >= 0.3 is 0 Å². The maximum absolute atomic E-state index is 11.6. The molecule has 0 unspecified atom stereocenters. The van der Waals surface area contributed by atoms with Crippen LogP contribution in [0, 0.1) is 0 Å². The molecule has 0 saturated carbocycles. The Morgan fingerprint density at radius 2 is 1.95 bits per heavy atom. The molecule has 0 aliphatic heterocycles. The van der Waals surface area contributed by atoms with E-state index in [-0.39, 0.29) is 5.91 Å². The van der Waals surface area contributed by atoms with E-state index in [0.29, 0.717) is 18.1 Å². The first-order valence-electron chi connectivity index (χ1n) is 7.26. The molecule has 5 heteroatoms. The summed E-state index contributed by atoms with van der Waals surface area (Å²) in [5.41, 5.74) is 8.76. The van der Waals surface area contributed by atoms with Crippen LogP contribution in [-0.4, -0.2) is 17.4 Å². The molecule has 0 radical (unpaired) electrons. The Morgan fingerprint density at radius 1 is 1.24 bits per heavy atom. The zero-order valence-electron chi connectivity index (χ0n) is 12.5. The maximum atomic E-state index is 11.6. The summed E-state index contributed by atoms with van der Waals surface area (Å²) in [5, 5.41) is 3.47. The Labute approximate surface area is 129 Å². The van der Waals surface area contributed by atoms with Gasteiger partial charge in [0.05, 0.1) is 5.69 Å². The van der Waals surface area contributed by atoms with Gasteiger partial charge in [0, 0.05) is 23.4 Å². The first-order valence-corrected chi connectivity index (χ1v) is 8.08. The van der Waals surface area contributed by atoms with Crippen LogP contribution in [-0.2, 0) is 17.6 Å². The lowest BCUT2D eigenvalue weighted by Crippen LogP contribution is -2.15. The minimum atomic E-state index is -0.0817. The Morgan fingerprint density at radius 3 is 2.52 bits per heavy atom. The fourth-order valence-corrected chi connectivity index (χ4v) is 3.02. The van der Waals surface area contributed by atoms with Gasteiger partial charge < -0.3 is 11.1 Å². The molecule has 112 valence electrons. The van der Waals surface area contributed by atoms with Gasteiger partial charge in [-0.15, -0.1) is 11.3 Å². The average Bonchev–Trinajstić information content (AvgIpc) is 2.90. The van der Waals surface area contributed by atoms with Gasteiger partial charge in [0.15, 0.2) is 5.13 Å². The molecule has 0 atom stereocenters. The highest BCUT2D eigenvalue weighted by Crippen LogP contribution is 2.31. The summed E-state index contributed by atoms with van der Waals surface area (Å²) in [6.45, 7) is 4.59. The van der Waals surface area contributed by atoms with Crippen molar-refractivity contribution in [1.82, 2.24) is 4.98 Å². The van der Waals surface area contributed by atoms with E-state index in [9.17, 15) is 4.79 Å². The number of carbonyl (C=O) groups is 1. The zero-order valence-corrected chi connectivity index (χ0v) is 13.3. The zero-order chi connectivity index (χ0) is 15.2. The topological polar surface area (TPSA) is 68.0 Å². The molecule has 1 aromatic heterocycles. The number of hydrogen-bond donors (Lipinski definition) is 2. The van der Waals surface area contributed by atoms with E-state index < -0.39 is 0 Å². The number of amides is 1. The number of rotatable bonds is 6. The molecular formula is C16H21N3OS. The molecule has 0 spiro atoms. The Kier molecular flexibility index (Phi) is 5.47. The summed E-state index contributed by atoms with van der Waals surface area (Å²) in [7, 11) is 0. The number of thiazole rings is 1. The summed E-state index contributed by atoms with van der Waals surface area (Å²) in [6, 6.07) is 8.44. The second-order valence-electron chi connectivity index (χ2n) is 4.78. The lowest BCUT2D eigenvalue weighted by Gasteiger charge is -2.02. The smallest absolute Gasteiger partial charge is 0.227 e. The van der Waals surface area contributed by atoms with Crippen molar-refractivity contribution >= 4 is 22.4 Å². The van der Waals surface area contributed by atoms with E-state index >= 15 is 0 Å². The molecule has 0 fully saturated rings. The largest absolute Gasteiger partial charge is 0.330 e. The van der Waals surface area contributed by atoms with Crippen LogP contribution in [0.3, 0.4) is 0 Å². The van der Waals surface area contributed by atoms with Gasteiger partial charge in [0.25, 0.3) is 0 Å². The fraction of sp³-hybridized carbons (Fsp3) is 0.375. The number of benzene rings is 1. The van der Waals surface area contributed by atoms with Gasteiger partial charge in [0.1, 0.15) is 0 Å². The standard InChI is InChI=1S/C16H21N3OS/c1-3-11-5-7-12(8-6-11)15-13(4-2)21-16(19-15)18-14(20)9-10-17/h5-8H,3-4,9-10,17H2,1-2H3,(H,18,19,20). The summed E-state index contributed by atoms with van der Waals surface area (Å²) >= 11 is 1.53. The summed E-state index contributed by atoms with van der Waals surface area (Å²) < 4.78 is 0. The summed E-state index contributed by atoms with van der Waals surface area (Å²) in [6.07, 6.45) is 2.25. The van der Waals surface area contributed by atoms with Crippen LogP contribution in [0.2, 0.25) is 0 Å². The first-order chi connectivity index (χ1) is 10.2. The van der Waals surface area contributed by atoms with Gasteiger partial charge in [0.2, 0.25) is 5.91 Å². The van der Waals surface area contributed by atoms with Crippen LogP contribution in [0.4, 0.5) is 5.13 Å². The SMILES string of the molecule is CCc1ccc(-c2nc(NC(=O)CCN)sc2CC)cc1. The number of anilines is 1. The molecule has 3 N–H and O–H groups in total. The van der Waals surface area contributed by atoms with E-state index in [0.717, 1.165) is 24.1 Å². The number of nitrogens with one attached hydrogen (secondary N) is 1. The minimum absolute atomic E-state index is 0.0817. The monoisotopic (exact) mass is 303 g/mol. The molecule has 0 aliphatic rings. The molecule has 0 saturated heterocycles. The molecule has 1 heterocycles. The average molecular weight is 303 g/mol. The highest BCUT2D eigenvalue weighted by molar-refractivity contribution is 7.16. The van der Waals surface area contributed by atoms with E-state index in [4.69, 9.17) is 5.73 Å². The molecular weight excluding hydrogens is 282 g/mol. The lowest BCUT2D eigenvalue weighted by molar-refractivity contribution is -0.116. The number of aromatic nitrogens is 1. The Bertz CT molecular complexity index is 604. The van der Waals surface area contributed by atoms with Gasteiger partial charge in [-0.1, -0.05) is 38.1 Å². The van der Waals surface area contributed by atoms with Crippen molar-refractivity contribution in [3.05, 3.63) is 34.7 Å². The van der Waals surface area contributed by atoms with Crippen molar-refractivity contribution in [3.8, 4) is 11.3 Å². The quantitative estimate of drug-likeness (QED) is 0.861. The van der Waals surface area contributed by atoms with Crippen molar-refractivity contribution in [1.29, 1.82) is 0 Å². The number of carbonyl (C=O) groups excluding carboxylic acids is 1. The lowest BCUT2D eigenvalue weighted by atomic mass is 10.1. The third-order valence-corrected chi connectivity index (χ3v) is 4.39. The molecule has 1 aromatic carbocycles. The Hall–Kier alpha value is -1.72. The molecule has 4 nitrogen and oxygen atoms in total. The number of nitrogens with zero attached hydrogens (tertiary/aromatic N) is 1. The van der Waals surface area contributed by atoms with Crippen LogP contribution < -0.4 is 11.1 Å². The molecule has 2 aromatic rings. The van der Waals surface area contributed by atoms with E-state index in [1.165, 1.54) is 21.8 Å². The summed E-state index contributed by atoms with van der Waals surface area (Å²) in [5.74, 6) is -0.0817. The van der Waals surface area contributed by atoms with Gasteiger partial charge in [-0.25, -0.2) is 4.98 Å². The number of nitrogens with two attached hydrogens (primary N) is 1. The van der Waals surface area contributed by atoms with Crippen LogP contribution in [0.5, 0.6) is 0 Å². The normalized spacial score (nSPS) is 10.6. The van der Waals surface area contributed by atoms with Crippen LogP contribution >= 0.6 is 11.3 Å². The van der Waals surface area contributed by atoms with Crippen LogP contribution in [0.15, 0.2) is 24.3 Å². The van der Waals surface area contributed by atoms with Crippen molar-refractivity contribution in [2.45, 2.75) is 33.1 Å². The van der Waals surface area contributed by atoms with Crippen LogP contribution in [0.25, 0.3) is 11.3 Å². The second-order valence-corrected chi connectivity index (χ2v) is 5.87. The van der Waals surface area contributed by atoms with Crippen LogP contribution in [0.1, 0.15) is 30.7 Å². The molecule has 0 bridgehead atoms. The van der Waals surface area contributed by atoms with E-state index in [2.05, 4.69) is 48.4 Å². The van der Waals surface area contributed by atoms with E-state index in [1.54, 1.807) is 0 Å². The van der Waals surface area contributed by atoms with Gasteiger partial charge in [-0.2, -0.15) is 0 Å². The number of hydrogen-bond acceptors (Lipinski definition) is 4. The minimum Gasteiger partial charge on any atom is -0.330 e. The molecule has 0 aliphatic carbocycles. The van der Waals surface area contributed by atoms with Gasteiger partial charge in [-0.3, -0.25) is 4.79 Å². The molecule has 21 heavy (non-hydrogen) atoms. The van der Waals surface area contributed by atoms with Crippen molar-refractivity contribution < 1.29 is 4.79 Å². The van der Waals surface area contributed by atoms with Crippen molar-refractivity contribution in [2.75, 3.05) is 11.9 Å². The number of aryl methyl sites for hydroxylation is 2. The highest BCUT2D eigenvalue weighted by Gasteiger charge is 2.13. The van der Waals surface area contributed by atoms with Gasteiger partial charge in [-0.05, 0) is 18.4 Å². The predicted octanol–water partition coefficient (Wildman–Crippen LogP) is 3.22. The maximum Gasteiger partial charge on any atom is 0.227 e. The fourth-order valence-electron chi connectivity index (χ4n) is 2.08. The Balaban J connectivity index is 2.25. The highest BCUT2D eigenvalue weighted by atomic mass is 32.1. The summed E-state index contributed by atoms with van der Waals surface area (Å²) in [4.78, 5) is 17.4. The molecule has 2 rings (SSSR count). The van der Waals surface area contributed by atoms with E-state index in [1.807, 2.05) is 0 Å².